The van der Waals surface area contributed by atoms with E-state index < -0.39 is 41.5 Å². The minimum absolute atomic E-state index is 0.0203. The van der Waals surface area contributed by atoms with E-state index in [1.807, 2.05) is 0 Å². The van der Waals surface area contributed by atoms with Crippen LogP contribution in [0.5, 0.6) is 23.0 Å². The number of benzene rings is 2. The lowest BCUT2D eigenvalue weighted by molar-refractivity contribution is -0.242. The number of hydrogen-bond donors (Lipinski definition) is 6. The second-order valence-corrected chi connectivity index (χ2v) is 6.84. The number of rotatable bonds is 3. The SMILES string of the molecule is O=c1c(O)c(-c2ccc(O)cc2)oc2cc(OC3OCC(O)C(O)C3O)cc(O)c12. The van der Waals surface area contributed by atoms with Crippen molar-refractivity contribution in [1.29, 1.82) is 0 Å². The first kappa shape index (κ1) is 20.0. The van der Waals surface area contributed by atoms with Crippen LogP contribution >= 0.6 is 0 Å². The van der Waals surface area contributed by atoms with Crippen molar-refractivity contribution in [3.05, 3.63) is 46.6 Å². The first-order valence-corrected chi connectivity index (χ1v) is 8.91. The fourth-order valence-corrected chi connectivity index (χ4v) is 3.16. The molecule has 1 saturated heterocycles. The summed E-state index contributed by atoms with van der Waals surface area (Å²) >= 11 is 0. The number of aliphatic hydroxyl groups excluding tert-OH is 3. The molecule has 0 spiro atoms. The third-order valence-corrected chi connectivity index (χ3v) is 4.76. The maximum absolute atomic E-state index is 12.6. The Morgan fingerprint density at radius 2 is 1.67 bits per heavy atom. The van der Waals surface area contributed by atoms with E-state index in [1.165, 1.54) is 30.3 Å². The molecule has 0 bridgehead atoms. The van der Waals surface area contributed by atoms with Gasteiger partial charge in [0.25, 0.3) is 0 Å². The van der Waals surface area contributed by atoms with Gasteiger partial charge in [-0.2, -0.15) is 0 Å². The molecule has 1 aliphatic rings. The van der Waals surface area contributed by atoms with Crippen molar-refractivity contribution in [1.82, 2.24) is 0 Å². The van der Waals surface area contributed by atoms with Gasteiger partial charge < -0.3 is 44.5 Å². The molecule has 4 rings (SSSR count). The molecule has 4 atom stereocenters. The van der Waals surface area contributed by atoms with E-state index in [0.717, 1.165) is 6.07 Å². The predicted molar refractivity (Wildman–Crippen MR) is 101 cm³/mol. The first-order valence-electron chi connectivity index (χ1n) is 8.91. The average molecular weight is 418 g/mol. The number of aliphatic hydroxyl groups is 3. The lowest BCUT2D eigenvalue weighted by Gasteiger charge is -2.34. The maximum Gasteiger partial charge on any atom is 0.238 e. The highest BCUT2D eigenvalue weighted by Crippen LogP contribution is 2.36. The second-order valence-electron chi connectivity index (χ2n) is 6.84. The topological polar surface area (TPSA) is 170 Å². The Morgan fingerprint density at radius 1 is 0.967 bits per heavy atom. The number of phenolic OH excluding ortho intramolecular Hbond substituents is 2. The zero-order chi connectivity index (χ0) is 21.6. The highest BCUT2D eigenvalue weighted by Gasteiger charge is 2.39. The molecule has 0 amide bonds. The minimum Gasteiger partial charge on any atom is -0.508 e. The van der Waals surface area contributed by atoms with E-state index in [2.05, 4.69) is 0 Å². The van der Waals surface area contributed by atoms with Gasteiger partial charge >= 0.3 is 0 Å². The molecule has 2 aromatic carbocycles. The molecule has 10 nitrogen and oxygen atoms in total. The van der Waals surface area contributed by atoms with Crippen molar-refractivity contribution in [2.45, 2.75) is 24.6 Å². The Hall–Kier alpha value is -3.31. The van der Waals surface area contributed by atoms with Crippen molar-refractivity contribution < 1.29 is 44.5 Å². The normalized spacial score (nSPS) is 24.1. The van der Waals surface area contributed by atoms with Crippen LogP contribution in [-0.4, -0.2) is 61.8 Å². The zero-order valence-corrected chi connectivity index (χ0v) is 15.3. The Kier molecular flexibility index (Phi) is 5.00. The number of hydrogen-bond acceptors (Lipinski definition) is 10. The van der Waals surface area contributed by atoms with E-state index in [4.69, 9.17) is 13.9 Å². The van der Waals surface area contributed by atoms with Crippen molar-refractivity contribution in [2.24, 2.45) is 0 Å². The van der Waals surface area contributed by atoms with Gasteiger partial charge in [0, 0.05) is 17.7 Å². The fourth-order valence-electron chi connectivity index (χ4n) is 3.16. The van der Waals surface area contributed by atoms with E-state index in [9.17, 15) is 35.4 Å². The quantitative estimate of drug-likeness (QED) is 0.350. The summed E-state index contributed by atoms with van der Waals surface area (Å²) in [4.78, 5) is 12.6. The van der Waals surface area contributed by atoms with Crippen molar-refractivity contribution in [2.75, 3.05) is 6.61 Å². The molecule has 0 aliphatic carbocycles. The molecule has 3 aromatic rings. The third-order valence-electron chi connectivity index (χ3n) is 4.76. The number of phenols is 2. The third kappa shape index (κ3) is 3.42. The van der Waals surface area contributed by atoms with Gasteiger partial charge in [-0.05, 0) is 24.3 Å². The van der Waals surface area contributed by atoms with Gasteiger partial charge in [-0.25, -0.2) is 0 Å². The second kappa shape index (κ2) is 7.50. The van der Waals surface area contributed by atoms with Gasteiger partial charge in [0.1, 0.15) is 46.5 Å². The van der Waals surface area contributed by atoms with Crippen molar-refractivity contribution in [3.8, 4) is 34.3 Å². The molecule has 1 aliphatic heterocycles. The van der Waals surface area contributed by atoms with Crippen LogP contribution in [0.1, 0.15) is 0 Å². The number of ether oxygens (including phenoxy) is 2. The molecule has 0 saturated carbocycles. The molecule has 1 aromatic heterocycles. The largest absolute Gasteiger partial charge is 0.508 e. The van der Waals surface area contributed by atoms with E-state index in [-0.39, 0.29) is 34.8 Å². The monoisotopic (exact) mass is 418 g/mol. The van der Waals surface area contributed by atoms with Gasteiger partial charge in [0.05, 0.1) is 6.61 Å². The lowest BCUT2D eigenvalue weighted by Crippen LogP contribution is -2.54. The molecular weight excluding hydrogens is 400 g/mol. The summed E-state index contributed by atoms with van der Waals surface area (Å²) in [7, 11) is 0. The Morgan fingerprint density at radius 3 is 2.37 bits per heavy atom. The molecule has 6 N–H and O–H groups in total. The smallest absolute Gasteiger partial charge is 0.238 e. The number of aromatic hydroxyl groups is 3. The summed E-state index contributed by atoms with van der Waals surface area (Å²) in [6, 6.07) is 7.85. The zero-order valence-electron chi connectivity index (χ0n) is 15.3. The van der Waals surface area contributed by atoms with Crippen molar-refractivity contribution in [3.63, 3.8) is 0 Å². The van der Waals surface area contributed by atoms with E-state index >= 15 is 0 Å². The standard InChI is InChI=1S/C20H18O10/c21-9-3-1-8(2-4-9)19-17(26)16(25)14-11(22)5-10(6-13(14)30-19)29-20-18(27)15(24)12(23)7-28-20/h1-6,12,15,18,20-24,26-27H,7H2. The molecule has 30 heavy (non-hydrogen) atoms. The summed E-state index contributed by atoms with van der Waals surface area (Å²) in [6.07, 6.45) is -5.68. The van der Waals surface area contributed by atoms with Crippen LogP contribution in [0.15, 0.2) is 45.6 Å². The molecule has 0 radical (unpaired) electrons. The summed E-state index contributed by atoms with van der Waals surface area (Å²) in [6.45, 7) is -0.281. The predicted octanol–water partition coefficient (Wildman–Crippen LogP) is 0.395. The molecule has 10 heteroatoms. The van der Waals surface area contributed by atoms with Crippen LogP contribution in [-0.2, 0) is 4.74 Å². The van der Waals surface area contributed by atoms with Crippen LogP contribution in [0.4, 0.5) is 0 Å². The van der Waals surface area contributed by atoms with Gasteiger partial charge in [-0.1, -0.05) is 0 Å². The minimum atomic E-state index is -1.56. The van der Waals surface area contributed by atoms with Crippen LogP contribution < -0.4 is 10.2 Å². The summed E-state index contributed by atoms with van der Waals surface area (Å²) in [5, 5.41) is 58.9. The maximum atomic E-state index is 12.6. The van der Waals surface area contributed by atoms with Crippen LogP contribution in [0.3, 0.4) is 0 Å². The van der Waals surface area contributed by atoms with Crippen LogP contribution in [0.25, 0.3) is 22.3 Å². The first-order chi connectivity index (χ1) is 14.3. The van der Waals surface area contributed by atoms with Crippen LogP contribution in [0, 0.1) is 0 Å². The molecular formula is C20H18O10. The highest BCUT2D eigenvalue weighted by molar-refractivity contribution is 5.88. The summed E-state index contributed by atoms with van der Waals surface area (Å²) in [5.41, 5.74) is -0.698. The van der Waals surface area contributed by atoms with Crippen molar-refractivity contribution >= 4 is 11.0 Å². The van der Waals surface area contributed by atoms with E-state index in [1.54, 1.807) is 0 Å². The van der Waals surface area contributed by atoms with Gasteiger partial charge in [0.15, 0.2) is 5.76 Å². The molecule has 4 unspecified atom stereocenters. The Bertz CT molecular complexity index is 1140. The molecule has 158 valence electrons. The van der Waals surface area contributed by atoms with Crippen LogP contribution in [0.2, 0.25) is 0 Å². The lowest BCUT2D eigenvalue weighted by atomic mass is 10.1. The van der Waals surface area contributed by atoms with E-state index in [0.29, 0.717) is 5.56 Å². The number of fused-ring (bicyclic) bond motifs is 1. The summed E-state index contributed by atoms with van der Waals surface area (Å²) < 4.78 is 16.2. The highest BCUT2D eigenvalue weighted by atomic mass is 16.7. The Balaban J connectivity index is 1.76. The fraction of sp³-hybridized carbons (Fsp3) is 0.250. The molecule has 2 heterocycles. The van der Waals surface area contributed by atoms with Gasteiger partial charge in [-0.3, -0.25) is 4.79 Å². The Labute approximate surface area is 168 Å². The average Bonchev–Trinajstić information content (AvgIpc) is 2.71. The van der Waals surface area contributed by atoms with Gasteiger partial charge in [0.2, 0.25) is 17.5 Å². The molecule has 1 fully saturated rings. The summed E-state index contributed by atoms with van der Waals surface area (Å²) in [5.74, 6) is -1.53. The van der Waals surface area contributed by atoms with Gasteiger partial charge in [-0.15, -0.1) is 0 Å².